The molecule has 1 aliphatic rings. The van der Waals surface area contributed by atoms with Gasteiger partial charge in [0.15, 0.2) is 0 Å². The Morgan fingerprint density at radius 3 is 3.00 bits per heavy atom. The van der Waals surface area contributed by atoms with Gasteiger partial charge in [-0.2, -0.15) is 0 Å². The normalized spacial score (nSPS) is 18.0. The van der Waals surface area contributed by atoms with Crippen molar-refractivity contribution < 1.29 is 9.59 Å². The lowest BCUT2D eigenvalue weighted by Crippen LogP contribution is -2.42. The Hall–Kier alpha value is -2.63. The largest absolute Gasteiger partial charge is 0.344 e. The van der Waals surface area contributed by atoms with Gasteiger partial charge in [0.2, 0.25) is 5.91 Å². The summed E-state index contributed by atoms with van der Waals surface area (Å²) in [6.45, 7) is 0.670. The van der Waals surface area contributed by atoms with Crippen LogP contribution in [0.3, 0.4) is 0 Å². The third-order valence-electron chi connectivity index (χ3n) is 3.66. The quantitative estimate of drug-likeness (QED) is 0.879. The Morgan fingerprint density at radius 2 is 2.24 bits per heavy atom. The van der Waals surface area contributed by atoms with Crippen LogP contribution in [-0.2, 0) is 4.79 Å². The van der Waals surface area contributed by atoms with E-state index in [0.29, 0.717) is 18.7 Å². The first kappa shape index (κ1) is 13.4. The van der Waals surface area contributed by atoms with Gasteiger partial charge in [-0.15, -0.1) is 0 Å². The second-order valence-corrected chi connectivity index (χ2v) is 5.10. The van der Waals surface area contributed by atoms with Crippen molar-refractivity contribution in [1.29, 1.82) is 0 Å². The molecule has 3 rings (SSSR count). The van der Waals surface area contributed by atoms with E-state index in [0.717, 1.165) is 10.8 Å². The molecule has 21 heavy (non-hydrogen) atoms. The Balaban J connectivity index is 1.73. The van der Waals surface area contributed by atoms with Gasteiger partial charge in [-0.3, -0.25) is 9.78 Å². The molecule has 2 aromatic rings. The van der Waals surface area contributed by atoms with E-state index < -0.39 is 6.04 Å². The van der Waals surface area contributed by atoms with E-state index in [1.165, 1.54) is 0 Å². The fourth-order valence-electron chi connectivity index (χ4n) is 2.50. The van der Waals surface area contributed by atoms with Crippen LogP contribution in [0.15, 0.2) is 36.7 Å². The molecule has 3 amide bonds. The number of rotatable bonds is 2. The highest BCUT2D eigenvalue weighted by Crippen LogP contribution is 2.22. The summed E-state index contributed by atoms with van der Waals surface area (Å²) in [4.78, 5) is 29.5. The van der Waals surface area contributed by atoms with Crippen molar-refractivity contribution in [1.82, 2.24) is 15.2 Å². The first-order valence-electron chi connectivity index (χ1n) is 6.80. The van der Waals surface area contributed by atoms with Crippen molar-refractivity contribution in [3.63, 3.8) is 0 Å². The molecule has 0 saturated carbocycles. The van der Waals surface area contributed by atoms with Gasteiger partial charge in [0.1, 0.15) is 6.04 Å². The van der Waals surface area contributed by atoms with E-state index in [-0.39, 0.29) is 11.9 Å². The molecule has 108 valence electrons. The average Bonchev–Trinajstić information content (AvgIpc) is 2.80. The van der Waals surface area contributed by atoms with Crippen molar-refractivity contribution in [2.75, 3.05) is 18.9 Å². The van der Waals surface area contributed by atoms with E-state index >= 15 is 0 Å². The highest BCUT2D eigenvalue weighted by Gasteiger charge is 2.30. The topological polar surface area (TPSA) is 74.3 Å². The molecular weight excluding hydrogens is 268 g/mol. The Morgan fingerprint density at radius 1 is 1.38 bits per heavy atom. The van der Waals surface area contributed by atoms with Crippen LogP contribution in [-0.4, -0.2) is 41.5 Å². The van der Waals surface area contributed by atoms with E-state index in [4.69, 9.17) is 0 Å². The molecule has 0 radical (unpaired) electrons. The van der Waals surface area contributed by atoms with Gasteiger partial charge in [0.05, 0.1) is 5.69 Å². The molecule has 2 heterocycles. The highest BCUT2D eigenvalue weighted by atomic mass is 16.2. The number of nitrogens with zero attached hydrogens (tertiary/aromatic N) is 2. The summed E-state index contributed by atoms with van der Waals surface area (Å²) < 4.78 is 0. The highest BCUT2D eigenvalue weighted by molar-refractivity contribution is 6.02. The van der Waals surface area contributed by atoms with Crippen molar-refractivity contribution in [2.24, 2.45) is 0 Å². The first-order chi connectivity index (χ1) is 10.1. The van der Waals surface area contributed by atoms with E-state index in [1.807, 2.05) is 24.3 Å². The van der Waals surface area contributed by atoms with Crippen LogP contribution in [0.2, 0.25) is 0 Å². The number of benzene rings is 1. The maximum absolute atomic E-state index is 12.1. The van der Waals surface area contributed by atoms with Gasteiger partial charge in [0, 0.05) is 36.8 Å². The molecule has 0 bridgehead atoms. The molecule has 0 aliphatic carbocycles. The average molecular weight is 284 g/mol. The molecule has 6 heteroatoms. The minimum atomic E-state index is -0.438. The fourth-order valence-corrected chi connectivity index (χ4v) is 2.50. The van der Waals surface area contributed by atoms with Gasteiger partial charge in [-0.1, -0.05) is 12.1 Å². The third kappa shape index (κ3) is 2.65. The number of amides is 3. The minimum Gasteiger partial charge on any atom is -0.344 e. The molecule has 1 aromatic heterocycles. The maximum Gasteiger partial charge on any atom is 0.319 e. The van der Waals surface area contributed by atoms with Crippen molar-refractivity contribution in [2.45, 2.75) is 12.5 Å². The van der Waals surface area contributed by atoms with Crippen molar-refractivity contribution in [3.05, 3.63) is 36.7 Å². The standard InChI is InChI=1S/C15H16N4O2/c1-19-8-6-13(14(19)20)18-15(21)17-12-4-2-3-10-9-16-7-5-11(10)12/h2-5,7,9,13H,6,8H2,1H3,(H2,17,18,21)/t13-/m0/s1. The van der Waals surface area contributed by atoms with Crippen LogP contribution in [0.25, 0.3) is 10.8 Å². The van der Waals surface area contributed by atoms with Crippen LogP contribution in [0.1, 0.15) is 6.42 Å². The van der Waals surface area contributed by atoms with Crippen LogP contribution in [0, 0.1) is 0 Å². The molecule has 1 fully saturated rings. The zero-order valence-electron chi connectivity index (χ0n) is 11.7. The predicted molar refractivity (Wildman–Crippen MR) is 79.9 cm³/mol. The zero-order chi connectivity index (χ0) is 14.8. The van der Waals surface area contributed by atoms with Crippen LogP contribution >= 0.6 is 0 Å². The number of fused-ring (bicyclic) bond motifs is 1. The summed E-state index contributed by atoms with van der Waals surface area (Å²) in [7, 11) is 1.74. The lowest BCUT2D eigenvalue weighted by Gasteiger charge is -2.14. The number of nitrogens with one attached hydrogen (secondary N) is 2. The van der Waals surface area contributed by atoms with Gasteiger partial charge >= 0.3 is 6.03 Å². The molecule has 0 spiro atoms. The summed E-state index contributed by atoms with van der Waals surface area (Å²) in [6, 6.07) is 6.65. The molecule has 1 aliphatic heterocycles. The monoisotopic (exact) mass is 284 g/mol. The van der Waals surface area contributed by atoms with Gasteiger partial charge in [-0.05, 0) is 18.6 Å². The number of urea groups is 1. The van der Waals surface area contributed by atoms with Crippen LogP contribution < -0.4 is 10.6 Å². The number of carbonyl (C=O) groups excluding carboxylic acids is 2. The number of likely N-dealkylation sites (N-methyl/N-ethyl adjacent to an activating group) is 1. The number of likely N-dealkylation sites (tertiary alicyclic amines) is 1. The third-order valence-corrected chi connectivity index (χ3v) is 3.66. The van der Waals surface area contributed by atoms with Crippen LogP contribution in [0.5, 0.6) is 0 Å². The van der Waals surface area contributed by atoms with E-state index in [2.05, 4.69) is 15.6 Å². The summed E-state index contributed by atoms with van der Waals surface area (Å²) in [5.41, 5.74) is 0.700. The summed E-state index contributed by atoms with van der Waals surface area (Å²) in [6.07, 6.45) is 4.07. The Labute approximate surface area is 122 Å². The minimum absolute atomic E-state index is 0.0488. The second kappa shape index (κ2) is 5.40. The zero-order valence-corrected chi connectivity index (χ0v) is 11.7. The molecule has 6 nitrogen and oxygen atoms in total. The second-order valence-electron chi connectivity index (χ2n) is 5.10. The molecule has 1 atom stereocenters. The lowest BCUT2D eigenvalue weighted by molar-refractivity contribution is -0.128. The Bertz CT molecular complexity index is 696. The fraction of sp³-hybridized carbons (Fsp3) is 0.267. The van der Waals surface area contributed by atoms with Crippen LogP contribution in [0.4, 0.5) is 10.5 Å². The van der Waals surface area contributed by atoms with Gasteiger partial charge < -0.3 is 15.5 Å². The number of hydrogen-bond acceptors (Lipinski definition) is 3. The number of anilines is 1. The smallest absolute Gasteiger partial charge is 0.319 e. The van der Waals surface area contributed by atoms with E-state index in [1.54, 1.807) is 24.3 Å². The lowest BCUT2D eigenvalue weighted by atomic mass is 10.1. The maximum atomic E-state index is 12.1. The van der Waals surface area contributed by atoms with Crippen molar-refractivity contribution >= 4 is 28.4 Å². The predicted octanol–water partition coefficient (Wildman–Crippen LogP) is 1.59. The number of carbonyl (C=O) groups is 2. The number of pyridine rings is 1. The number of aromatic nitrogens is 1. The Kier molecular flexibility index (Phi) is 3.43. The number of hydrogen-bond donors (Lipinski definition) is 2. The molecule has 0 unspecified atom stereocenters. The molecular formula is C15H16N4O2. The summed E-state index contributed by atoms with van der Waals surface area (Å²) in [5, 5.41) is 7.38. The summed E-state index contributed by atoms with van der Waals surface area (Å²) in [5.74, 6) is -0.0488. The van der Waals surface area contributed by atoms with Gasteiger partial charge in [0.25, 0.3) is 0 Å². The molecule has 1 aromatic carbocycles. The molecule has 2 N–H and O–H groups in total. The first-order valence-corrected chi connectivity index (χ1v) is 6.80. The SMILES string of the molecule is CN1CC[C@H](NC(=O)Nc2cccc3cnccc23)C1=O. The molecule has 1 saturated heterocycles. The summed E-state index contributed by atoms with van der Waals surface area (Å²) >= 11 is 0. The van der Waals surface area contributed by atoms with E-state index in [9.17, 15) is 9.59 Å². The van der Waals surface area contributed by atoms with Gasteiger partial charge in [-0.25, -0.2) is 4.79 Å². The van der Waals surface area contributed by atoms with Crippen molar-refractivity contribution in [3.8, 4) is 0 Å².